The van der Waals surface area contributed by atoms with Crippen molar-refractivity contribution >= 4 is 45.0 Å². The van der Waals surface area contributed by atoms with Crippen LogP contribution in [0, 0.1) is 6.92 Å². The third-order valence-corrected chi connectivity index (χ3v) is 4.21. The molecule has 94 valence electrons. The first kappa shape index (κ1) is 14.8. The van der Waals surface area contributed by atoms with Crippen LogP contribution in [0.5, 0.6) is 0 Å². The van der Waals surface area contributed by atoms with Crippen molar-refractivity contribution in [3.8, 4) is 0 Å². The molecule has 0 aliphatic carbocycles. The van der Waals surface area contributed by atoms with Crippen molar-refractivity contribution in [3.05, 3.63) is 33.8 Å². The smallest absolute Gasteiger partial charge is 0.252 e. The van der Waals surface area contributed by atoms with Crippen molar-refractivity contribution in [1.29, 1.82) is 0 Å². The van der Waals surface area contributed by atoms with Crippen LogP contribution in [0.15, 0.2) is 22.7 Å². The number of alkyl halides is 2. The average Bonchev–Trinajstić information content (AvgIpc) is 2.28. The van der Waals surface area contributed by atoms with Crippen LogP contribution in [-0.4, -0.2) is 23.2 Å². The Morgan fingerprint density at radius 2 is 2.00 bits per heavy atom. The van der Waals surface area contributed by atoms with Gasteiger partial charge in [-0.25, -0.2) is 0 Å². The van der Waals surface area contributed by atoms with Crippen LogP contribution in [0.2, 0.25) is 0 Å². The maximum Gasteiger partial charge on any atom is 0.252 e. The number of carbonyl (C=O) groups excluding carboxylic acids is 1. The molecule has 0 unspecified atom stereocenters. The van der Waals surface area contributed by atoms with E-state index in [0.717, 1.165) is 10.0 Å². The summed E-state index contributed by atoms with van der Waals surface area (Å²) in [7, 11) is 0. The summed E-state index contributed by atoms with van der Waals surface area (Å²) in [6.07, 6.45) is 0. The second-order valence-corrected chi connectivity index (χ2v) is 5.65. The summed E-state index contributed by atoms with van der Waals surface area (Å²) in [4.78, 5) is 12.1. The van der Waals surface area contributed by atoms with Gasteiger partial charge in [0.2, 0.25) is 0 Å². The Morgan fingerprint density at radius 3 is 2.47 bits per heavy atom. The Balaban J connectivity index is 2.90. The van der Waals surface area contributed by atoms with Gasteiger partial charge in [0.05, 0.1) is 11.1 Å². The number of nitrogens with one attached hydrogen (secondary N) is 1. The quantitative estimate of drug-likeness (QED) is 0.833. The van der Waals surface area contributed by atoms with Gasteiger partial charge in [-0.15, -0.1) is 23.2 Å². The number of hydrogen-bond acceptors (Lipinski definition) is 1. The topological polar surface area (TPSA) is 29.1 Å². The molecule has 1 rings (SSSR count). The fraction of sp³-hybridized carbons (Fsp3) is 0.417. The SMILES string of the molecule is Cc1ccc(C(=O)NC(C)(CCl)CCl)c(Br)c1. The van der Waals surface area contributed by atoms with Gasteiger partial charge in [0, 0.05) is 16.2 Å². The molecule has 2 nitrogen and oxygen atoms in total. The third-order valence-electron chi connectivity index (χ3n) is 2.37. The minimum Gasteiger partial charge on any atom is -0.344 e. The fourth-order valence-corrected chi connectivity index (χ4v) is 2.34. The Kier molecular flexibility index (Phi) is 5.29. The van der Waals surface area contributed by atoms with E-state index in [1.165, 1.54) is 0 Å². The second kappa shape index (κ2) is 6.07. The zero-order valence-corrected chi connectivity index (χ0v) is 12.8. The van der Waals surface area contributed by atoms with E-state index in [-0.39, 0.29) is 17.7 Å². The summed E-state index contributed by atoms with van der Waals surface area (Å²) in [5.41, 5.74) is 1.08. The highest BCUT2D eigenvalue weighted by molar-refractivity contribution is 9.10. The summed E-state index contributed by atoms with van der Waals surface area (Å²) in [5.74, 6) is 0.359. The van der Waals surface area contributed by atoms with Crippen molar-refractivity contribution in [3.63, 3.8) is 0 Å². The lowest BCUT2D eigenvalue weighted by Crippen LogP contribution is -2.49. The Hall–Kier alpha value is -0.250. The molecule has 0 bridgehead atoms. The molecule has 1 aromatic rings. The predicted octanol–water partition coefficient (Wildman–Crippen LogP) is 3.72. The van der Waals surface area contributed by atoms with Crippen LogP contribution in [0.1, 0.15) is 22.8 Å². The van der Waals surface area contributed by atoms with E-state index in [2.05, 4.69) is 21.2 Å². The molecule has 0 aliphatic heterocycles. The molecule has 17 heavy (non-hydrogen) atoms. The molecule has 0 saturated heterocycles. The van der Waals surface area contributed by atoms with E-state index in [4.69, 9.17) is 23.2 Å². The lowest BCUT2D eigenvalue weighted by Gasteiger charge is -2.26. The van der Waals surface area contributed by atoms with Gasteiger partial charge in [-0.1, -0.05) is 6.07 Å². The zero-order chi connectivity index (χ0) is 13.1. The molecule has 0 aromatic heterocycles. The zero-order valence-electron chi connectivity index (χ0n) is 9.69. The largest absolute Gasteiger partial charge is 0.344 e. The summed E-state index contributed by atoms with van der Waals surface area (Å²) < 4.78 is 0.765. The molecular weight excluding hydrogens is 325 g/mol. The highest BCUT2D eigenvalue weighted by Gasteiger charge is 2.25. The van der Waals surface area contributed by atoms with Gasteiger partial charge in [-0.3, -0.25) is 4.79 Å². The average molecular weight is 339 g/mol. The first-order valence-corrected chi connectivity index (χ1v) is 6.98. The molecule has 0 saturated carbocycles. The van der Waals surface area contributed by atoms with E-state index in [1.807, 2.05) is 26.0 Å². The molecule has 1 aromatic carbocycles. The molecule has 5 heteroatoms. The molecule has 0 spiro atoms. The normalized spacial score (nSPS) is 11.4. The summed E-state index contributed by atoms with van der Waals surface area (Å²) in [6.45, 7) is 3.78. The van der Waals surface area contributed by atoms with E-state index in [9.17, 15) is 4.79 Å². The van der Waals surface area contributed by atoms with Crippen molar-refractivity contribution in [1.82, 2.24) is 5.32 Å². The number of amides is 1. The van der Waals surface area contributed by atoms with Gasteiger partial charge >= 0.3 is 0 Å². The van der Waals surface area contributed by atoms with Gasteiger partial charge in [0.1, 0.15) is 0 Å². The Morgan fingerprint density at radius 1 is 1.41 bits per heavy atom. The first-order valence-electron chi connectivity index (χ1n) is 5.12. The van der Waals surface area contributed by atoms with Gasteiger partial charge in [-0.05, 0) is 47.5 Å². The maximum atomic E-state index is 12.1. The molecular formula is C12H14BrCl2NO. The number of hydrogen-bond donors (Lipinski definition) is 1. The molecule has 1 N–H and O–H groups in total. The molecule has 0 radical (unpaired) electrons. The van der Waals surface area contributed by atoms with E-state index >= 15 is 0 Å². The Labute approximate surface area is 120 Å². The van der Waals surface area contributed by atoms with Gasteiger partial charge < -0.3 is 5.32 Å². The van der Waals surface area contributed by atoms with Gasteiger partial charge in [-0.2, -0.15) is 0 Å². The fourth-order valence-electron chi connectivity index (χ4n) is 1.25. The maximum absolute atomic E-state index is 12.1. The number of benzene rings is 1. The third kappa shape index (κ3) is 3.87. The van der Waals surface area contributed by atoms with E-state index in [1.54, 1.807) is 6.07 Å². The minimum atomic E-state index is -0.593. The molecule has 0 fully saturated rings. The van der Waals surface area contributed by atoms with Crippen molar-refractivity contribution in [2.75, 3.05) is 11.8 Å². The van der Waals surface area contributed by atoms with Gasteiger partial charge in [0.25, 0.3) is 5.91 Å². The van der Waals surface area contributed by atoms with Gasteiger partial charge in [0.15, 0.2) is 0 Å². The van der Waals surface area contributed by atoms with Crippen LogP contribution in [0.3, 0.4) is 0 Å². The van der Waals surface area contributed by atoms with Crippen molar-refractivity contribution in [2.45, 2.75) is 19.4 Å². The van der Waals surface area contributed by atoms with E-state index in [0.29, 0.717) is 5.56 Å². The van der Waals surface area contributed by atoms with Crippen molar-refractivity contribution in [2.24, 2.45) is 0 Å². The van der Waals surface area contributed by atoms with Crippen molar-refractivity contribution < 1.29 is 4.79 Å². The summed E-state index contributed by atoms with van der Waals surface area (Å²) >= 11 is 15.0. The van der Waals surface area contributed by atoms with Crippen LogP contribution >= 0.6 is 39.1 Å². The molecule has 0 aliphatic rings. The van der Waals surface area contributed by atoms with Crippen LogP contribution in [-0.2, 0) is 0 Å². The predicted molar refractivity (Wildman–Crippen MR) is 76.2 cm³/mol. The highest BCUT2D eigenvalue weighted by Crippen LogP contribution is 2.19. The lowest BCUT2D eigenvalue weighted by molar-refractivity contribution is 0.0920. The molecule has 0 atom stereocenters. The minimum absolute atomic E-state index is 0.180. The van der Waals surface area contributed by atoms with Crippen LogP contribution in [0.25, 0.3) is 0 Å². The van der Waals surface area contributed by atoms with Crippen LogP contribution < -0.4 is 5.32 Å². The number of rotatable bonds is 4. The standard InChI is InChI=1S/C12H14BrCl2NO/c1-8-3-4-9(10(13)5-8)11(17)16-12(2,6-14)7-15/h3-5H,6-7H2,1-2H3,(H,16,17). The monoisotopic (exact) mass is 337 g/mol. The Bertz CT molecular complexity index is 419. The summed E-state index contributed by atoms with van der Waals surface area (Å²) in [5, 5.41) is 2.84. The number of halogens is 3. The molecule has 1 amide bonds. The first-order chi connectivity index (χ1) is 7.91. The second-order valence-electron chi connectivity index (χ2n) is 4.27. The van der Waals surface area contributed by atoms with Crippen LogP contribution in [0.4, 0.5) is 0 Å². The summed E-state index contributed by atoms with van der Waals surface area (Å²) in [6, 6.07) is 5.56. The van der Waals surface area contributed by atoms with E-state index < -0.39 is 5.54 Å². The number of aryl methyl sites for hydroxylation is 1. The lowest BCUT2D eigenvalue weighted by atomic mass is 10.1. The molecule has 0 heterocycles. The highest BCUT2D eigenvalue weighted by atomic mass is 79.9. The number of carbonyl (C=O) groups is 1.